The SMILES string of the molecule is CC(C)c1ccc2ccc3c(C(C)C)cc(-c4cccc(-c5nc(-c6ccccc6)cc(-c6ccccn6)n5)c4)nc3c2n1. The standard InChI is InChI=1S/C39H33N5/c1-24(2)31-22-34(42-38-30(31)18-16-27-17-19-32(25(3)4)41-37(27)38)28-13-10-14-29(21-28)39-43-35(26-11-6-5-7-12-26)23-36(44-39)33-15-8-9-20-40-33/h5-25H,1-4H3. The topological polar surface area (TPSA) is 64.5 Å². The van der Waals surface area contributed by atoms with Gasteiger partial charge in [0.25, 0.3) is 0 Å². The summed E-state index contributed by atoms with van der Waals surface area (Å²) >= 11 is 0. The molecule has 0 unspecified atom stereocenters. The summed E-state index contributed by atoms with van der Waals surface area (Å²) in [6.45, 7) is 8.83. The largest absolute Gasteiger partial charge is 0.255 e. The Morgan fingerprint density at radius 1 is 0.477 bits per heavy atom. The van der Waals surface area contributed by atoms with Gasteiger partial charge in [0, 0.05) is 39.4 Å². The molecule has 0 aliphatic rings. The highest BCUT2D eigenvalue weighted by molar-refractivity contribution is 6.05. The molecule has 0 N–H and O–H groups in total. The first-order chi connectivity index (χ1) is 21.4. The van der Waals surface area contributed by atoms with E-state index in [4.69, 9.17) is 19.9 Å². The second-order valence-corrected chi connectivity index (χ2v) is 11.8. The minimum Gasteiger partial charge on any atom is -0.255 e. The van der Waals surface area contributed by atoms with E-state index in [1.807, 2.05) is 42.5 Å². The zero-order chi connectivity index (χ0) is 30.2. The molecule has 0 saturated heterocycles. The van der Waals surface area contributed by atoms with E-state index in [9.17, 15) is 0 Å². The van der Waals surface area contributed by atoms with Crippen molar-refractivity contribution in [2.75, 3.05) is 0 Å². The van der Waals surface area contributed by atoms with E-state index in [2.05, 4.69) is 99.4 Å². The zero-order valence-electron chi connectivity index (χ0n) is 25.4. The lowest BCUT2D eigenvalue weighted by Crippen LogP contribution is -1.99. The highest BCUT2D eigenvalue weighted by Gasteiger charge is 2.16. The Labute approximate surface area is 257 Å². The maximum absolute atomic E-state index is 5.27. The Hall–Kier alpha value is -5.29. The molecule has 0 bridgehead atoms. The van der Waals surface area contributed by atoms with Crippen molar-refractivity contribution in [1.29, 1.82) is 0 Å². The van der Waals surface area contributed by atoms with Gasteiger partial charge >= 0.3 is 0 Å². The summed E-state index contributed by atoms with van der Waals surface area (Å²) in [7, 11) is 0. The van der Waals surface area contributed by atoms with Crippen LogP contribution in [0.25, 0.3) is 67.1 Å². The molecule has 0 fully saturated rings. The third-order valence-corrected chi connectivity index (χ3v) is 8.05. The molecule has 0 aliphatic heterocycles. The minimum absolute atomic E-state index is 0.319. The summed E-state index contributed by atoms with van der Waals surface area (Å²) in [5.41, 5.74) is 10.5. The maximum Gasteiger partial charge on any atom is 0.160 e. The van der Waals surface area contributed by atoms with Gasteiger partial charge in [0.2, 0.25) is 0 Å². The summed E-state index contributed by atoms with van der Waals surface area (Å²) < 4.78 is 0. The quantitative estimate of drug-likeness (QED) is 0.186. The van der Waals surface area contributed by atoms with Crippen LogP contribution in [-0.4, -0.2) is 24.9 Å². The van der Waals surface area contributed by atoms with Gasteiger partial charge in [0.05, 0.1) is 33.8 Å². The Morgan fingerprint density at radius 3 is 1.98 bits per heavy atom. The lowest BCUT2D eigenvalue weighted by Gasteiger charge is -2.15. The molecule has 7 rings (SSSR count). The van der Waals surface area contributed by atoms with E-state index >= 15 is 0 Å². The van der Waals surface area contributed by atoms with Crippen LogP contribution in [0.1, 0.15) is 50.8 Å². The molecule has 3 aromatic carbocycles. The van der Waals surface area contributed by atoms with E-state index in [1.165, 1.54) is 5.56 Å². The summed E-state index contributed by atoms with van der Waals surface area (Å²) in [4.78, 5) is 25.0. The average molecular weight is 572 g/mol. The van der Waals surface area contributed by atoms with Gasteiger partial charge in [-0.15, -0.1) is 0 Å². The van der Waals surface area contributed by atoms with E-state index in [0.717, 1.165) is 67.0 Å². The fraction of sp³-hybridized carbons (Fsp3) is 0.154. The minimum atomic E-state index is 0.319. The smallest absolute Gasteiger partial charge is 0.160 e. The molecule has 4 aromatic heterocycles. The van der Waals surface area contributed by atoms with Crippen molar-refractivity contribution in [3.63, 3.8) is 0 Å². The van der Waals surface area contributed by atoms with Gasteiger partial charge in [-0.05, 0) is 53.8 Å². The first-order valence-corrected chi connectivity index (χ1v) is 15.2. The molecule has 0 radical (unpaired) electrons. The molecule has 0 saturated carbocycles. The van der Waals surface area contributed by atoms with Crippen LogP contribution in [0, 0.1) is 0 Å². The zero-order valence-corrected chi connectivity index (χ0v) is 25.4. The van der Waals surface area contributed by atoms with Gasteiger partial charge in [-0.25, -0.2) is 15.0 Å². The summed E-state index contributed by atoms with van der Waals surface area (Å²) in [5, 5.41) is 2.25. The van der Waals surface area contributed by atoms with Crippen molar-refractivity contribution < 1.29 is 0 Å². The highest BCUT2D eigenvalue weighted by atomic mass is 14.9. The molecule has 214 valence electrons. The lowest BCUT2D eigenvalue weighted by molar-refractivity contribution is 0.830. The number of nitrogens with zero attached hydrogens (tertiary/aromatic N) is 5. The predicted molar refractivity (Wildman–Crippen MR) is 180 cm³/mol. The third kappa shape index (κ3) is 5.22. The molecular weight excluding hydrogens is 538 g/mol. The second kappa shape index (κ2) is 11.4. The molecule has 0 atom stereocenters. The van der Waals surface area contributed by atoms with Crippen LogP contribution in [0.5, 0.6) is 0 Å². The van der Waals surface area contributed by atoms with Crippen molar-refractivity contribution in [3.8, 4) is 45.3 Å². The number of hydrogen-bond donors (Lipinski definition) is 0. The number of fused-ring (bicyclic) bond motifs is 3. The van der Waals surface area contributed by atoms with Gasteiger partial charge in [-0.3, -0.25) is 9.97 Å². The molecule has 0 aliphatic carbocycles. The van der Waals surface area contributed by atoms with Crippen LogP contribution in [0.3, 0.4) is 0 Å². The predicted octanol–water partition coefficient (Wildman–Crippen LogP) is 9.88. The molecule has 44 heavy (non-hydrogen) atoms. The molecule has 0 spiro atoms. The van der Waals surface area contributed by atoms with Crippen molar-refractivity contribution in [2.45, 2.75) is 39.5 Å². The number of hydrogen-bond acceptors (Lipinski definition) is 5. The molecule has 7 aromatic rings. The number of pyridine rings is 3. The highest BCUT2D eigenvalue weighted by Crippen LogP contribution is 2.35. The van der Waals surface area contributed by atoms with Crippen LogP contribution >= 0.6 is 0 Å². The van der Waals surface area contributed by atoms with Crippen LogP contribution in [0.15, 0.2) is 115 Å². The van der Waals surface area contributed by atoms with Crippen LogP contribution in [-0.2, 0) is 0 Å². The Kier molecular flexibility index (Phi) is 7.15. The number of aromatic nitrogens is 5. The Balaban J connectivity index is 1.41. The van der Waals surface area contributed by atoms with Gasteiger partial charge in [0.15, 0.2) is 5.82 Å². The summed E-state index contributed by atoms with van der Waals surface area (Å²) in [5.74, 6) is 1.30. The summed E-state index contributed by atoms with van der Waals surface area (Å²) in [6, 6.07) is 37.3. The van der Waals surface area contributed by atoms with Crippen molar-refractivity contribution >= 4 is 21.8 Å². The van der Waals surface area contributed by atoms with Gasteiger partial charge in [-0.2, -0.15) is 0 Å². The van der Waals surface area contributed by atoms with Crippen molar-refractivity contribution in [3.05, 3.63) is 127 Å². The third-order valence-electron chi connectivity index (χ3n) is 8.05. The van der Waals surface area contributed by atoms with E-state index in [0.29, 0.717) is 17.7 Å². The normalized spacial score (nSPS) is 11.6. The van der Waals surface area contributed by atoms with Gasteiger partial charge in [0.1, 0.15) is 0 Å². The molecule has 4 heterocycles. The Bertz CT molecular complexity index is 2060. The van der Waals surface area contributed by atoms with Crippen LogP contribution in [0.4, 0.5) is 0 Å². The van der Waals surface area contributed by atoms with Gasteiger partial charge < -0.3 is 0 Å². The molecule has 5 heteroatoms. The van der Waals surface area contributed by atoms with Crippen molar-refractivity contribution in [1.82, 2.24) is 24.9 Å². The van der Waals surface area contributed by atoms with E-state index in [-0.39, 0.29) is 0 Å². The number of rotatable bonds is 6. The summed E-state index contributed by atoms with van der Waals surface area (Å²) in [6.07, 6.45) is 1.79. The molecule has 5 nitrogen and oxygen atoms in total. The molecule has 0 amide bonds. The number of benzene rings is 3. The van der Waals surface area contributed by atoms with Crippen LogP contribution < -0.4 is 0 Å². The first-order valence-electron chi connectivity index (χ1n) is 15.2. The van der Waals surface area contributed by atoms with E-state index < -0.39 is 0 Å². The maximum atomic E-state index is 5.27. The Morgan fingerprint density at radius 2 is 1.20 bits per heavy atom. The van der Waals surface area contributed by atoms with E-state index in [1.54, 1.807) is 6.20 Å². The van der Waals surface area contributed by atoms with Crippen molar-refractivity contribution in [2.24, 2.45) is 0 Å². The molecular formula is C39H33N5. The lowest BCUT2D eigenvalue weighted by atomic mass is 9.94. The fourth-order valence-corrected chi connectivity index (χ4v) is 5.66. The monoisotopic (exact) mass is 571 g/mol. The fourth-order valence-electron chi connectivity index (χ4n) is 5.66. The van der Waals surface area contributed by atoms with Crippen LogP contribution in [0.2, 0.25) is 0 Å². The second-order valence-electron chi connectivity index (χ2n) is 11.8. The van der Waals surface area contributed by atoms with Gasteiger partial charge in [-0.1, -0.05) is 100 Å². The average Bonchev–Trinajstić information content (AvgIpc) is 3.08. The first kappa shape index (κ1) is 27.5.